The second-order valence-corrected chi connectivity index (χ2v) is 6.76. The zero-order valence-corrected chi connectivity index (χ0v) is 12.6. The first-order chi connectivity index (χ1) is 10.0. The second kappa shape index (κ2) is 6.69. The van der Waals surface area contributed by atoms with E-state index in [0.717, 1.165) is 11.3 Å². The van der Waals surface area contributed by atoms with E-state index >= 15 is 0 Å². The average molecular weight is 306 g/mol. The van der Waals surface area contributed by atoms with Gasteiger partial charge in [-0.15, -0.1) is 0 Å². The number of aryl methyl sites for hydroxylation is 1. The molecule has 5 nitrogen and oxygen atoms in total. The summed E-state index contributed by atoms with van der Waals surface area (Å²) >= 11 is 0. The number of hydrogen-bond acceptors (Lipinski definition) is 5. The molecule has 0 saturated heterocycles. The molecule has 112 valence electrons. The van der Waals surface area contributed by atoms with Crippen molar-refractivity contribution in [3.05, 3.63) is 53.9 Å². The summed E-state index contributed by atoms with van der Waals surface area (Å²) in [5, 5.41) is 0. The highest BCUT2D eigenvalue weighted by Gasteiger charge is 2.14. The maximum atomic E-state index is 12.1. The molecule has 2 N–H and O–H groups in total. The van der Waals surface area contributed by atoms with Gasteiger partial charge in [-0.3, -0.25) is 4.98 Å². The van der Waals surface area contributed by atoms with Gasteiger partial charge >= 0.3 is 0 Å². The molecule has 0 fully saturated rings. The van der Waals surface area contributed by atoms with Crippen LogP contribution in [0.2, 0.25) is 0 Å². The summed E-state index contributed by atoms with van der Waals surface area (Å²) in [6, 6.07) is 10.2. The molecule has 0 aliphatic carbocycles. The van der Waals surface area contributed by atoms with Gasteiger partial charge in [0.15, 0.2) is 9.84 Å². The van der Waals surface area contributed by atoms with Crippen molar-refractivity contribution in [3.63, 3.8) is 0 Å². The molecule has 0 bridgehead atoms. The first kappa shape index (κ1) is 15.5. The average Bonchev–Trinajstić information content (AvgIpc) is 2.49. The summed E-state index contributed by atoms with van der Waals surface area (Å²) in [4.78, 5) is 4.37. The number of hydrogen-bond donors (Lipinski definition) is 1. The SMILES string of the molecule is Cc1ccc(OCCS(=O)(=O)c2ccc(CN)cc2)cn1. The lowest BCUT2D eigenvalue weighted by atomic mass is 10.2. The van der Waals surface area contributed by atoms with E-state index in [1.54, 1.807) is 36.5 Å². The summed E-state index contributed by atoms with van der Waals surface area (Å²) in [5.41, 5.74) is 7.27. The quantitative estimate of drug-likeness (QED) is 0.878. The largest absolute Gasteiger partial charge is 0.491 e. The molecule has 0 amide bonds. The number of rotatable bonds is 6. The van der Waals surface area contributed by atoms with Crippen LogP contribution < -0.4 is 10.5 Å². The molecule has 0 radical (unpaired) electrons. The fourth-order valence-corrected chi connectivity index (χ4v) is 2.85. The van der Waals surface area contributed by atoms with Crippen LogP contribution in [-0.4, -0.2) is 25.8 Å². The minimum atomic E-state index is -3.35. The van der Waals surface area contributed by atoms with Gasteiger partial charge in [-0.1, -0.05) is 12.1 Å². The number of pyridine rings is 1. The van der Waals surface area contributed by atoms with Crippen molar-refractivity contribution < 1.29 is 13.2 Å². The Bertz CT molecular complexity index is 680. The van der Waals surface area contributed by atoms with E-state index < -0.39 is 9.84 Å². The third kappa shape index (κ3) is 4.27. The topological polar surface area (TPSA) is 82.3 Å². The predicted molar refractivity (Wildman–Crippen MR) is 80.9 cm³/mol. The van der Waals surface area contributed by atoms with E-state index in [0.29, 0.717) is 12.3 Å². The van der Waals surface area contributed by atoms with Gasteiger partial charge in [0.2, 0.25) is 0 Å². The molecule has 21 heavy (non-hydrogen) atoms. The predicted octanol–water partition coefficient (Wildman–Crippen LogP) is 1.70. The van der Waals surface area contributed by atoms with Crippen molar-refractivity contribution in [2.45, 2.75) is 18.4 Å². The van der Waals surface area contributed by atoms with E-state index in [2.05, 4.69) is 4.98 Å². The molecule has 0 atom stereocenters. The fourth-order valence-electron chi connectivity index (χ4n) is 1.76. The Kier molecular flexibility index (Phi) is 4.93. The molecule has 0 aliphatic heterocycles. The minimum Gasteiger partial charge on any atom is -0.491 e. The van der Waals surface area contributed by atoms with Gasteiger partial charge < -0.3 is 10.5 Å². The van der Waals surface area contributed by atoms with Crippen LogP contribution in [0.5, 0.6) is 5.75 Å². The van der Waals surface area contributed by atoms with E-state index in [4.69, 9.17) is 10.5 Å². The molecule has 2 aromatic rings. The van der Waals surface area contributed by atoms with Crippen LogP contribution >= 0.6 is 0 Å². The molecule has 0 aliphatic rings. The van der Waals surface area contributed by atoms with Crippen molar-refractivity contribution >= 4 is 9.84 Å². The van der Waals surface area contributed by atoms with Crippen molar-refractivity contribution in [1.29, 1.82) is 0 Å². The lowest BCUT2D eigenvalue weighted by Crippen LogP contribution is -2.14. The highest BCUT2D eigenvalue weighted by Crippen LogP contribution is 2.13. The number of aromatic nitrogens is 1. The highest BCUT2D eigenvalue weighted by molar-refractivity contribution is 7.91. The Labute approximate surface area is 124 Å². The molecular formula is C15H18N2O3S. The van der Waals surface area contributed by atoms with Gasteiger partial charge in [0, 0.05) is 12.2 Å². The van der Waals surface area contributed by atoms with Gasteiger partial charge in [0.05, 0.1) is 16.8 Å². The molecule has 0 unspecified atom stereocenters. The summed E-state index contributed by atoms with van der Waals surface area (Å²) in [7, 11) is -3.35. The third-order valence-electron chi connectivity index (χ3n) is 3.02. The Morgan fingerprint density at radius 2 is 1.86 bits per heavy atom. The molecular weight excluding hydrogens is 288 g/mol. The molecule has 2 rings (SSSR count). The molecule has 1 aromatic carbocycles. The van der Waals surface area contributed by atoms with E-state index in [1.165, 1.54) is 0 Å². The Morgan fingerprint density at radius 3 is 2.43 bits per heavy atom. The smallest absolute Gasteiger partial charge is 0.181 e. The molecule has 1 aromatic heterocycles. The van der Waals surface area contributed by atoms with Crippen LogP contribution in [0.3, 0.4) is 0 Å². The van der Waals surface area contributed by atoms with Crippen LogP contribution in [0, 0.1) is 6.92 Å². The van der Waals surface area contributed by atoms with Crippen LogP contribution in [0.1, 0.15) is 11.3 Å². The number of sulfone groups is 1. The number of nitrogens with zero attached hydrogens (tertiary/aromatic N) is 1. The van der Waals surface area contributed by atoms with Crippen LogP contribution in [0.25, 0.3) is 0 Å². The van der Waals surface area contributed by atoms with Crippen LogP contribution in [0.15, 0.2) is 47.5 Å². The van der Waals surface area contributed by atoms with Crippen LogP contribution in [0.4, 0.5) is 0 Å². The van der Waals surface area contributed by atoms with Gasteiger partial charge in [-0.05, 0) is 36.8 Å². The molecule has 0 saturated carbocycles. The van der Waals surface area contributed by atoms with Crippen LogP contribution in [-0.2, 0) is 16.4 Å². The molecule has 1 heterocycles. The second-order valence-electron chi connectivity index (χ2n) is 4.65. The standard InChI is InChI=1S/C15H18N2O3S/c1-12-2-5-14(11-17-12)20-8-9-21(18,19)15-6-3-13(10-16)4-7-15/h2-7,11H,8-10,16H2,1H3. The maximum Gasteiger partial charge on any atom is 0.181 e. The van der Waals surface area contributed by atoms with Crippen molar-refractivity contribution in [2.24, 2.45) is 5.73 Å². The Hall–Kier alpha value is -1.92. The van der Waals surface area contributed by atoms with E-state index in [-0.39, 0.29) is 17.3 Å². The Morgan fingerprint density at radius 1 is 1.14 bits per heavy atom. The number of nitrogens with two attached hydrogens (primary N) is 1. The summed E-state index contributed by atoms with van der Waals surface area (Å²) in [5.74, 6) is 0.484. The third-order valence-corrected chi connectivity index (χ3v) is 4.72. The van der Waals surface area contributed by atoms with Crippen molar-refractivity contribution in [3.8, 4) is 5.75 Å². The summed E-state index contributed by atoms with van der Waals surface area (Å²) in [6.07, 6.45) is 1.58. The molecule has 6 heteroatoms. The van der Waals surface area contributed by atoms with Crippen molar-refractivity contribution in [2.75, 3.05) is 12.4 Å². The number of ether oxygens (including phenoxy) is 1. The zero-order valence-electron chi connectivity index (χ0n) is 11.8. The highest BCUT2D eigenvalue weighted by atomic mass is 32.2. The zero-order chi connectivity index (χ0) is 15.3. The minimum absolute atomic E-state index is 0.0805. The molecule has 0 spiro atoms. The van der Waals surface area contributed by atoms with Gasteiger partial charge in [-0.25, -0.2) is 8.42 Å². The fraction of sp³-hybridized carbons (Fsp3) is 0.267. The first-order valence-corrected chi connectivity index (χ1v) is 8.24. The van der Waals surface area contributed by atoms with E-state index in [9.17, 15) is 8.42 Å². The summed E-state index contributed by atoms with van der Waals surface area (Å²) in [6.45, 7) is 2.36. The number of benzene rings is 1. The van der Waals surface area contributed by atoms with Gasteiger partial charge in [0.25, 0.3) is 0 Å². The maximum absolute atomic E-state index is 12.1. The lowest BCUT2D eigenvalue weighted by Gasteiger charge is -2.07. The monoisotopic (exact) mass is 306 g/mol. The van der Waals surface area contributed by atoms with Gasteiger partial charge in [-0.2, -0.15) is 0 Å². The van der Waals surface area contributed by atoms with Gasteiger partial charge in [0.1, 0.15) is 12.4 Å². The normalized spacial score (nSPS) is 11.3. The first-order valence-electron chi connectivity index (χ1n) is 6.58. The Balaban J connectivity index is 1.95. The summed E-state index contributed by atoms with van der Waals surface area (Å²) < 4.78 is 29.7. The lowest BCUT2D eigenvalue weighted by molar-refractivity contribution is 0.339. The van der Waals surface area contributed by atoms with E-state index in [1.807, 2.05) is 13.0 Å². The van der Waals surface area contributed by atoms with Crippen molar-refractivity contribution in [1.82, 2.24) is 4.98 Å².